The van der Waals surface area contributed by atoms with Gasteiger partial charge in [0.05, 0.1) is 19.8 Å². The average Bonchev–Trinajstić information content (AvgIpc) is 3.37. The van der Waals surface area contributed by atoms with Gasteiger partial charge in [0.15, 0.2) is 6.10 Å². The Morgan fingerprint density at radius 1 is 0.403 bits per heavy atom. The molecule has 72 heavy (non-hydrogen) atoms. The van der Waals surface area contributed by atoms with Crippen molar-refractivity contribution in [2.24, 2.45) is 0 Å². The minimum Gasteiger partial charge on any atom is -0.462 e. The van der Waals surface area contributed by atoms with Crippen LogP contribution >= 0.6 is 7.82 Å². The number of unbranched alkanes of at least 4 members (excludes halogenated alkanes) is 27. The van der Waals surface area contributed by atoms with E-state index in [-0.39, 0.29) is 25.9 Å². The molecule has 12 heteroatoms. The molecule has 0 aromatic heterocycles. The van der Waals surface area contributed by atoms with Crippen LogP contribution in [0.3, 0.4) is 0 Å². The predicted octanol–water partition coefficient (Wildman–Crippen LogP) is 17.1. The molecule has 0 fully saturated rings. The van der Waals surface area contributed by atoms with E-state index in [1.807, 2.05) is 0 Å². The van der Waals surface area contributed by atoms with Crippen LogP contribution in [-0.2, 0) is 42.2 Å². The lowest BCUT2D eigenvalue weighted by Crippen LogP contribution is -2.30. The first-order valence-corrected chi connectivity index (χ1v) is 30.7. The standard InChI is InChI=1S/C60H107O11P/c1-4-7-10-13-16-19-22-25-27-28-30-33-36-39-42-45-48-51-60(64)71-57(53-67-58(62)49-46-43-40-37-34-31-24-21-18-15-12-9-6-3)55-69-72(65,66)68-54-56(52-61)70-59(63)50-47-44-41-38-35-32-29-26-23-20-17-14-11-8-5-2/h8,11,17,20-21,24,26,29,35,38,56-57,61H,4-7,9-10,12-16,18-19,22-23,25,27-28,30-34,36-37,39-55H2,1-3H3,(H,65,66)/b11-8-,20-17-,24-21-,29-26-,38-35-. The number of esters is 3. The molecule has 0 aromatic carbocycles. The van der Waals surface area contributed by atoms with Crippen molar-refractivity contribution in [3.63, 3.8) is 0 Å². The van der Waals surface area contributed by atoms with E-state index in [1.165, 1.54) is 109 Å². The minimum atomic E-state index is -4.76. The van der Waals surface area contributed by atoms with Crippen LogP contribution in [0.4, 0.5) is 0 Å². The molecule has 0 aromatic rings. The smallest absolute Gasteiger partial charge is 0.462 e. The van der Waals surface area contributed by atoms with Gasteiger partial charge in [-0.05, 0) is 83.5 Å². The second-order valence-corrected chi connectivity index (χ2v) is 20.9. The molecule has 0 radical (unpaired) electrons. The van der Waals surface area contributed by atoms with E-state index in [0.717, 1.165) is 96.3 Å². The third kappa shape index (κ3) is 52.1. The minimum absolute atomic E-state index is 0.125. The summed E-state index contributed by atoms with van der Waals surface area (Å²) in [6.45, 7) is 4.49. The monoisotopic (exact) mass is 1030 g/mol. The third-order valence-corrected chi connectivity index (χ3v) is 13.4. The third-order valence-electron chi connectivity index (χ3n) is 12.4. The molecule has 0 rings (SSSR count). The van der Waals surface area contributed by atoms with Crippen molar-refractivity contribution >= 4 is 25.7 Å². The molecule has 0 bridgehead atoms. The summed E-state index contributed by atoms with van der Waals surface area (Å²) in [6.07, 6.45) is 59.0. The molecule has 0 aliphatic carbocycles. The molecule has 0 aliphatic heterocycles. The number of hydrogen-bond donors (Lipinski definition) is 2. The Balaban J connectivity index is 4.74. The van der Waals surface area contributed by atoms with Crippen molar-refractivity contribution in [1.29, 1.82) is 0 Å². The van der Waals surface area contributed by atoms with Gasteiger partial charge in [0.2, 0.25) is 0 Å². The van der Waals surface area contributed by atoms with Gasteiger partial charge in [0.25, 0.3) is 0 Å². The Hall–Kier alpha value is -2.82. The maximum absolute atomic E-state index is 12.9. The fourth-order valence-electron chi connectivity index (χ4n) is 7.99. The second kappa shape index (κ2) is 54.4. The highest BCUT2D eigenvalue weighted by Gasteiger charge is 2.28. The summed E-state index contributed by atoms with van der Waals surface area (Å²) >= 11 is 0. The summed E-state index contributed by atoms with van der Waals surface area (Å²) < 4.78 is 39.5. The van der Waals surface area contributed by atoms with E-state index in [0.29, 0.717) is 19.3 Å². The largest absolute Gasteiger partial charge is 0.472 e. The first-order valence-electron chi connectivity index (χ1n) is 29.2. The van der Waals surface area contributed by atoms with Crippen LogP contribution in [-0.4, -0.2) is 66.5 Å². The van der Waals surface area contributed by atoms with Crippen LogP contribution in [0.2, 0.25) is 0 Å². The summed E-state index contributed by atoms with van der Waals surface area (Å²) in [5.74, 6) is -1.51. The van der Waals surface area contributed by atoms with Crippen LogP contribution in [0.15, 0.2) is 60.8 Å². The van der Waals surface area contributed by atoms with Gasteiger partial charge >= 0.3 is 25.7 Å². The lowest BCUT2D eigenvalue weighted by atomic mass is 10.0. The van der Waals surface area contributed by atoms with Crippen molar-refractivity contribution in [1.82, 2.24) is 0 Å². The fraction of sp³-hybridized carbons (Fsp3) is 0.783. The highest BCUT2D eigenvalue weighted by Crippen LogP contribution is 2.43. The number of allylic oxidation sites excluding steroid dienone is 10. The summed E-state index contributed by atoms with van der Waals surface area (Å²) in [7, 11) is -4.76. The summed E-state index contributed by atoms with van der Waals surface area (Å²) in [4.78, 5) is 48.5. The highest BCUT2D eigenvalue weighted by molar-refractivity contribution is 7.47. The SMILES string of the molecule is CC/C=C\C/C=C\C/C=C\C/C=C\CCCCC(=O)OC(CO)COP(=O)(O)OCC(COC(=O)CCCCCCC/C=C\CCCCCC)OC(=O)CCCCCCCCCCCCCCCCCCC. The maximum atomic E-state index is 12.9. The Labute approximate surface area is 440 Å². The second-order valence-electron chi connectivity index (χ2n) is 19.4. The van der Waals surface area contributed by atoms with Crippen LogP contribution < -0.4 is 0 Å². The lowest BCUT2D eigenvalue weighted by molar-refractivity contribution is -0.161. The molecule has 0 saturated carbocycles. The molecule has 0 amide bonds. The number of carbonyl (C=O) groups excluding carboxylic acids is 3. The van der Waals surface area contributed by atoms with Crippen molar-refractivity contribution in [3.05, 3.63) is 60.8 Å². The number of aliphatic hydroxyl groups excluding tert-OH is 1. The van der Waals surface area contributed by atoms with E-state index >= 15 is 0 Å². The number of hydrogen-bond acceptors (Lipinski definition) is 10. The first-order chi connectivity index (χ1) is 35.2. The van der Waals surface area contributed by atoms with Crippen molar-refractivity contribution in [2.45, 2.75) is 277 Å². The Morgan fingerprint density at radius 2 is 0.722 bits per heavy atom. The number of aliphatic hydroxyl groups is 1. The molecule has 11 nitrogen and oxygen atoms in total. The molecule has 3 unspecified atom stereocenters. The van der Waals surface area contributed by atoms with Crippen LogP contribution in [0.1, 0.15) is 265 Å². The maximum Gasteiger partial charge on any atom is 0.472 e. The number of rotatable bonds is 54. The van der Waals surface area contributed by atoms with Gasteiger partial charge in [-0.1, -0.05) is 223 Å². The topological polar surface area (TPSA) is 155 Å². The summed E-state index contributed by atoms with van der Waals surface area (Å²) in [5, 5.41) is 9.80. The van der Waals surface area contributed by atoms with Gasteiger partial charge in [0, 0.05) is 19.3 Å². The van der Waals surface area contributed by atoms with Gasteiger partial charge in [-0.15, -0.1) is 0 Å². The van der Waals surface area contributed by atoms with Gasteiger partial charge in [0.1, 0.15) is 12.7 Å². The number of phosphoric ester groups is 1. The van der Waals surface area contributed by atoms with Gasteiger partial charge in [-0.25, -0.2) is 4.57 Å². The fourth-order valence-corrected chi connectivity index (χ4v) is 8.77. The average molecular weight is 1040 g/mol. The molecule has 418 valence electrons. The Bertz CT molecular complexity index is 1440. The molecular weight excluding hydrogens is 928 g/mol. The zero-order valence-electron chi connectivity index (χ0n) is 46.1. The van der Waals surface area contributed by atoms with Crippen LogP contribution in [0.25, 0.3) is 0 Å². The summed E-state index contributed by atoms with van der Waals surface area (Å²) in [6, 6.07) is 0. The van der Waals surface area contributed by atoms with E-state index in [1.54, 1.807) is 0 Å². The molecule has 0 spiro atoms. The quantitative estimate of drug-likeness (QED) is 0.0197. The van der Waals surface area contributed by atoms with E-state index < -0.39 is 57.8 Å². The zero-order valence-corrected chi connectivity index (χ0v) is 47.0. The number of carbonyl (C=O) groups is 3. The lowest BCUT2D eigenvalue weighted by Gasteiger charge is -2.21. The molecule has 0 heterocycles. The van der Waals surface area contributed by atoms with Gasteiger partial charge in [-0.2, -0.15) is 0 Å². The molecule has 0 saturated heterocycles. The number of ether oxygens (including phenoxy) is 3. The van der Waals surface area contributed by atoms with Crippen LogP contribution in [0, 0.1) is 0 Å². The van der Waals surface area contributed by atoms with E-state index in [4.69, 9.17) is 23.3 Å². The summed E-state index contributed by atoms with van der Waals surface area (Å²) in [5.41, 5.74) is 0. The van der Waals surface area contributed by atoms with Crippen molar-refractivity contribution in [2.75, 3.05) is 26.4 Å². The van der Waals surface area contributed by atoms with Crippen molar-refractivity contribution in [3.8, 4) is 0 Å². The molecular formula is C60H107O11P. The van der Waals surface area contributed by atoms with Gasteiger partial charge in [-0.3, -0.25) is 23.4 Å². The first kappa shape index (κ1) is 69.2. The Morgan fingerprint density at radius 3 is 1.17 bits per heavy atom. The molecule has 0 aliphatic rings. The normalized spacial score (nSPS) is 13.8. The zero-order chi connectivity index (χ0) is 52.7. The van der Waals surface area contributed by atoms with Gasteiger partial charge < -0.3 is 24.2 Å². The highest BCUT2D eigenvalue weighted by atomic mass is 31.2. The van der Waals surface area contributed by atoms with E-state index in [2.05, 4.69) is 81.5 Å². The number of phosphoric acid groups is 1. The molecule has 2 N–H and O–H groups in total. The van der Waals surface area contributed by atoms with Crippen LogP contribution in [0.5, 0.6) is 0 Å². The Kier molecular flexibility index (Phi) is 52.3. The van der Waals surface area contributed by atoms with Crippen molar-refractivity contribution < 1.29 is 52.2 Å². The predicted molar refractivity (Wildman–Crippen MR) is 298 cm³/mol. The molecule has 3 atom stereocenters. The van der Waals surface area contributed by atoms with E-state index in [9.17, 15) is 28.9 Å².